The molecule has 1 atom stereocenters. The molecule has 2 aliphatic heterocycles. The van der Waals surface area contributed by atoms with E-state index < -0.39 is 9.84 Å². The van der Waals surface area contributed by atoms with Gasteiger partial charge in [-0.25, -0.2) is 8.42 Å². The summed E-state index contributed by atoms with van der Waals surface area (Å²) in [5.74, 6) is 1.17. The van der Waals surface area contributed by atoms with E-state index in [0.717, 1.165) is 45.4 Å². The lowest BCUT2D eigenvalue weighted by Crippen LogP contribution is -2.44. The summed E-state index contributed by atoms with van der Waals surface area (Å²) in [6.45, 7) is 7.32. The smallest absolute Gasteiger partial charge is 0.191 e. The van der Waals surface area contributed by atoms with E-state index in [1.165, 1.54) is 5.56 Å². The van der Waals surface area contributed by atoms with Gasteiger partial charge in [0.25, 0.3) is 0 Å². The van der Waals surface area contributed by atoms with Crippen LogP contribution < -0.4 is 10.6 Å². The minimum atomic E-state index is -2.89. The molecule has 9 heteroatoms. The number of ether oxygens (including phenoxy) is 1. The van der Waals surface area contributed by atoms with Crippen molar-refractivity contribution in [1.82, 2.24) is 15.5 Å². The van der Waals surface area contributed by atoms with Gasteiger partial charge in [0, 0.05) is 45.4 Å². The Morgan fingerprint density at radius 1 is 1.19 bits per heavy atom. The number of nitrogens with zero attached hydrogens (tertiary/aromatic N) is 2. The highest BCUT2D eigenvalue weighted by molar-refractivity contribution is 14.0. The summed E-state index contributed by atoms with van der Waals surface area (Å²) in [7, 11) is -2.89. The van der Waals surface area contributed by atoms with Crippen molar-refractivity contribution in [3.8, 4) is 0 Å². The topological polar surface area (TPSA) is 83.0 Å². The van der Waals surface area contributed by atoms with Gasteiger partial charge >= 0.3 is 0 Å². The van der Waals surface area contributed by atoms with Crippen LogP contribution in [0.15, 0.2) is 35.3 Å². The first kappa shape index (κ1) is 26.3. The van der Waals surface area contributed by atoms with Crippen LogP contribution in [0.1, 0.15) is 38.2 Å². The van der Waals surface area contributed by atoms with Crippen LogP contribution in [0, 0.1) is 0 Å². The molecule has 0 radical (unpaired) electrons. The van der Waals surface area contributed by atoms with E-state index in [-0.39, 0.29) is 41.5 Å². The van der Waals surface area contributed by atoms with Gasteiger partial charge in [0.2, 0.25) is 0 Å². The fourth-order valence-corrected chi connectivity index (χ4v) is 5.68. The molecule has 2 saturated heterocycles. The highest BCUT2D eigenvalue weighted by Gasteiger charge is 2.28. The van der Waals surface area contributed by atoms with Gasteiger partial charge in [-0.1, -0.05) is 30.3 Å². The van der Waals surface area contributed by atoms with Crippen molar-refractivity contribution in [2.45, 2.75) is 51.3 Å². The largest absolute Gasteiger partial charge is 0.378 e. The summed E-state index contributed by atoms with van der Waals surface area (Å²) in [5.41, 5.74) is 1.37. The normalized spacial score (nSPS) is 22.1. The average molecular weight is 565 g/mol. The molecular formula is C22H37IN4O3S. The van der Waals surface area contributed by atoms with Gasteiger partial charge in [-0.3, -0.25) is 9.89 Å². The number of aliphatic imine (C=N–C) groups is 1. The SMILES string of the molecule is CCNC(=NCCCOC1CCN(Cc2ccccc2)CC1)NC1CCS(=O)(=O)C1.I. The van der Waals surface area contributed by atoms with Crippen molar-refractivity contribution in [2.75, 3.05) is 44.3 Å². The van der Waals surface area contributed by atoms with Gasteiger partial charge in [0.05, 0.1) is 17.6 Å². The molecule has 1 unspecified atom stereocenters. The lowest BCUT2D eigenvalue weighted by molar-refractivity contribution is 0.00566. The van der Waals surface area contributed by atoms with Crippen LogP contribution in [-0.4, -0.2) is 75.7 Å². The van der Waals surface area contributed by atoms with Gasteiger partial charge in [0.15, 0.2) is 15.8 Å². The molecule has 1 aromatic carbocycles. The van der Waals surface area contributed by atoms with E-state index in [1.54, 1.807) is 0 Å². The molecule has 2 aliphatic rings. The second kappa shape index (κ2) is 13.6. The molecule has 31 heavy (non-hydrogen) atoms. The lowest BCUT2D eigenvalue weighted by atomic mass is 10.1. The number of nitrogens with one attached hydrogen (secondary N) is 2. The fraction of sp³-hybridized carbons (Fsp3) is 0.682. The summed E-state index contributed by atoms with van der Waals surface area (Å²) in [5, 5.41) is 6.45. The molecule has 2 N–H and O–H groups in total. The minimum Gasteiger partial charge on any atom is -0.378 e. The zero-order chi connectivity index (χ0) is 21.2. The first-order valence-electron chi connectivity index (χ1n) is 11.2. The molecule has 0 bridgehead atoms. The van der Waals surface area contributed by atoms with Crippen molar-refractivity contribution in [3.05, 3.63) is 35.9 Å². The van der Waals surface area contributed by atoms with Crippen LogP contribution in [0.5, 0.6) is 0 Å². The van der Waals surface area contributed by atoms with E-state index in [9.17, 15) is 8.42 Å². The van der Waals surface area contributed by atoms with Crippen LogP contribution in [-0.2, 0) is 21.1 Å². The Hall–Kier alpha value is -0.910. The second-order valence-corrected chi connectivity index (χ2v) is 10.4. The van der Waals surface area contributed by atoms with Crippen LogP contribution in [0.25, 0.3) is 0 Å². The zero-order valence-electron chi connectivity index (χ0n) is 18.5. The molecule has 2 fully saturated rings. The Balaban J connectivity index is 0.00000341. The summed E-state index contributed by atoms with van der Waals surface area (Å²) < 4.78 is 29.3. The van der Waals surface area contributed by atoms with Gasteiger partial charge in [-0.05, 0) is 38.2 Å². The molecule has 7 nitrogen and oxygen atoms in total. The number of sulfone groups is 1. The second-order valence-electron chi connectivity index (χ2n) is 8.19. The lowest BCUT2D eigenvalue weighted by Gasteiger charge is -2.31. The van der Waals surface area contributed by atoms with Gasteiger partial charge < -0.3 is 15.4 Å². The first-order chi connectivity index (χ1) is 14.5. The highest BCUT2D eigenvalue weighted by atomic mass is 127. The Kier molecular flexibility index (Phi) is 11.6. The predicted molar refractivity (Wildman–Crippen MR) is 137 cm³/mol. The summed E-state index contributed by atoms with van der Waals surface area (Å²) in [6, 6.07) is 10.6. The third kappa shape index (κ3) is 9.63. The maximum atomic E-state index is 11.6. The maximum absolute atomic E-state index is 11.6. The highest BCUT2D eigenvalue weighted by Crippen LogP contribution is 2.16. The number of likely N-dealkylation sites (tertiary alicyclic amines) is 1. The molecular weight excluding hydrogens is 527 g/mol. The van der Waals surface area contributed by atoms with Crippen molar-refractivity contribution in [2.24, 2.45) is 4.99 Å². The first-order valence-corrected chi connectivity index (χ1v) is 13.0. The average Bonchev–Trinajstić information content (AvgIpc) is 3.08. The van der Waals surface area contributed by atoms with E-state index in [2.05, 4.69) is 50.9 Å². The fourth-order valence-electron chi connectivity index (χ4n) is 4.00. The standard InChI is InChI=1S/C22H36N4O3S.HI/c1-2-23-22(25-20-11-16-30(27,28)18-20)24-12-6-15-29-21-9-13-26(14-10-21)17-19-7-4-3-5-8-19;/h3-5,7-8,20-21H,2,6,9-18H2,1H3,(H2,23,24,25);1H. The molecule has 0 saturated carbocycles. The Morgan fingerprint density at radius 2 is 1.94 bits per heavy atom. The molecule has 1 aromatic rings. The Bertz CT molecular complexity index is 768. The van der Waals surface area contributed by atoms with Gasteiger partial charge in [-0.2, -0.15) is 0 Å². The molecule has 0 amide bonds. The van der Waals surface area contributed by atoms with Gasteiger partial charge in [0.1, 0.15) is 0 Å². The van der Waals surface area contributed by atoms with Crippen LogP contribution in [0.4, 0.5) is 0 Å². The third-order valence-corrected chi connectivity index (χ3v) is 7.39. The minimum absolute atomic E-state index is 0. The molecule has 2 heterocycles. The third-order valence-electron chi connectivity index (χ3n) is 5.63. The summed E-state index contributed by atoms with van der Waals surface area (Å²) >= 11 is 0. The van der Waals surface area contributed by atoms with Gasteiger partial charge in [-0.15, -0.1) is 24.0 Å². The van der Waals surface area contributed by atoms with Crippen molar-refractivity contribution >= 4 is 39.8 Å². The monoisotopic (exact) mass is 564 g/mol. The van der Waals surface area contributed by atoms with Crippen LogP contribution in [0.2, 0.25) is 0 Å². The molecule has 0 aromatic heterocycles. The van der Waals surface area contributed by atoms with Crippen molar-refractivity contribution in [3.63, 3.8) is 0 Å². The molecule has 0 spiro atoms. The quantitative estimate of drug-likeness (QED) is 0.208. The Labute approximate surface area is 204 Å². The zero-order valence-corrected chi connectivity index (χ0v) is 21.6. The number of benzene rings is 1. The van der Waals surface area contributed by atoms with E-state index >= 15 is 0 Å². The van der Waals surface area contributed by atoms with E-state index in [1.807, 2.05) is 6.92 Å². The van der Waals surface area contributed by atoms with Crippen molar-refractivity contribution < 1.29 is 13.2 Å². The summed E-state index contributed by atoms with van der Waals surface area (Å²) in [4.78, 5) is 7.07. The van der Waals surface area contributed by atoms with E-state index in [4.69, 9.17) is 4.74 Å². The summed E-state index contributed by atoms with van der Waals surface area (Å²) in [6.07, 6.45) is 4.02. The van der Waals surface area contributed by atoms with Crippen LogP contribution >= 0.6 is 24.0 Å². The number of rotatable bonds is 9. The molecule has 3 rings (SSSR count). The number of guanidine groups is 1. The number of hydrogen-bond acceptors (Lipinski definition) is 5. The molecule has 0 aliphatic carbocycles. The predicted octanol–water partition coefficient (Wildman–Crippen LogP) is 2.42. The number of halogens is 1. The van der Waals surface area contributed by atoms with Crippen molar-refractivity contribution in [1.29, 1.82) is 0 Å². The number of hydrogen-bond donors (Lipinski definition) is 2. The number of piperidine rings is 1. The maximum Gasteiger partial charge on any atom is 0.191 e. The Morgan fingerprint density at radius 3 is 2.58 bits per heavy atom. The molecule has 176 valence electrons. The van der Waals surface area contributed by atoms with Crippen LogP contribution in [0.3, 0.4) is 0 Å². The van der Waals surface area contributed by atoms with E-state index in [0.29, 0.717) is 31.6 Å².